The summed E-state index contributed by atoms with van der Waals surface area (Å²) >= 11 is 15.1. The minimum Gasteiger partial charge on any atom is -0.455 e. The fourth-order valence-electron chi connectivity index (χ4n) is 12.0. The lowest BCUT2D eigenvalue weighted by Crippen LogP contribution is -2.27. The van der Waals surface area contributed by atoms with Crippen LogP contribution in [0.4, 0.5) is 0 Å². The van der Waals surface area contributed by atoms with Gasteiger partial charge >= 0.3 is 0 Å². The van der Waals surface area contributed by atoms with Crippen molar-refractivity contribution in [2.24, 2.45) is 0 Å². The molecule has 15 rings (SSSR count). The van der Waals surface area contributed by atoms with E-state index >= 15 is 0 Å². The maximum Gasteiger partial charge on any atom is 0.150 e. The van der Waals surface area contributed by atoms with Gasteiger partial charge < -0.3 is 13.9 Å². The number of para-hydroxylation sites is 2. The van der Waals surface area contributed by atoms with Crippen LogP contribution in [0, 0.1) is 0 Å². The average Bonchev–Trinajstić information content (AvgIpc) is 4.17. The van der Waals surface area contributed by atoms with Gasteiger partial charge in [0, 0.05) is 52.7 Å². The molecule has 0 saturated carbocycles. The van der Waals surface area contributed by atoms with Crippen molar-refractivity contribution in [3.8, 4) is 44.5 Å². The van der Waals surface area contributed by atoms with E-state index in [4.69, 9.17) is 8.83 Å². The third-order valence-corrected chi connectivity index (χ3v) is 16.8. The van der Waals surface area contributed by atoms with Crippen molar-refractivity contribution in [3.63, 3.8) is 0 Å². The molecule has 0 aliphatic heterocycles. The van der Waals surface area contributed by atoms with E-state index in [1.54, 1.807) is 0 Å². The molecule has 0 saturated heterocycles. The smallest absolute Gasteiger partial charge is 0.150 e. The number of hydrogen-bond acceptors (Lipinski definition) is 3. The van der Waals surface area contributed by atoms with Crippen LogP contribution >= 0.6 is 63.7 Å². The van der Waals surface area contributed by atoms with Crippen LogP contribution in [0.1, 0.15) is 38.9 Å². The van der Waals surface area contributed by atoms with E-state index in [1.807, 2.05) is 78.9 Å². The Labute approximate surface area is 430 Å². The predicted octanol–water partition coefficient (Wildman–Crippen LogP) is 18.5. The quantitative estimate of drug-likeness (QED) is 0.188. The van der Waals surface area contributed by atoms with Gasteiger partial charge in [-0.3, -0.25) is 0 Å². The third kappa shape index (κ3) is 5.68. The van der Waals surface area contributed by atoms with Crippen LogP contribution in [0.3, 0.4) is 0 Å². The van der Waals surface area contributed by atoms with Crippen LogP contribution in [0.25, 0.3) is 88.4 Å². The Morgan fingerprint density at radius 3 is 1.39 bits per heavy atom. The number of halogens is 4. The van der Waals surface area contributed by atoms with Gasteiger partial charge in [0.15, 0.2) is 0 Å². The fraction of sp³-hybridized carbons (Fsp3) is 0.0323. The molecule has 10 aromatic carbocycles. The average molecular weight is 1150 g/mol. The zero-order chi connectivity index (χ0) is 46.3. The maximum absolute atomic E-state index is 12.9. The number of fused-ring (bicyclic) bond motifs is 21. The summed E-state index contributed by atoms with van der Waals surface area (Å²) in [5.41, 5.74) is 18.8. The molecule has 0 amide bonds. The maximum atomic E-state index is 12.9. The molecule has 0 radical (unpaired) electrons. The Balaban J connectivity index is 0.000000130. The van der Waals surface area contributed by atoms with Crippen molar-refractivity contribution in [1.82, 2.24) is 0 Å². The van der Waals surface area contributed by atoms with Crippen LogP contribution < -0.4 is 0 Å². The number of hydrogen-bond donors (Lipinski definition) is 1. The summed E-state index contributed by atoms with van der Waals surface area (Å²) in [7, 11) is 0. The first kappa shape index (κ1) is 41.6. The first-order chi connectivity index (χ1) is 33.8. The standard InChI is InChI=1S/C31H18Br2O2.C31H16Br2O/c32-19-14-15-21-24(16-19)31(34,23-12-6-4-10-20(23)18-8-2-1-3-9-18)25-17-26(33)30-29(28(21)25)22-11-5-7-13-27(22)35-30;32-17-13-14-20-24(15-17)31(22-10-4-1-7-18(22)19-8-2-5-11-23(19)31)25-16-26(33)30-29(28(20)25)21-9-3-6-12-27(21)34-30/h1-17,34H;1-16H. The lowest BCUT2D eigenvalue weighted by atomic mass is 9.70. The SMILES string of the molecule is Brc1ccc2c(c1)C1(c3ccccc3-c3ccccc31)c1cc(Br)c3oc4ccccc4c3c1-2.OC1(c2ccccc2-c2ccccc2)c2cc(Br)ccc2-c2c1cc(Br)c1oc3ccccc3c21. The second kappa shape index (κ2) is 15.3. The molecule has 3 nitrogen and oxygen atoms in total. The summed E-state index contributed by atoms with van der Waals surface area (Å²) in [6.45, 7) is 0. The summed E-state index contributed by atoms with van der Waals surface area (Å²) in [6, 6.07) is 69.8. The van der Waals surface area contributed by atoms with Crippen molar-refractivity contribution in [2.45, 2.75) is 11.0 Å². The summed E-state index contributed by atoms with van der Waals surface area (Å²) in [5, 5.41) is 17.2. The summed E-state index contributed by atoms with van der Waals surface area (Å²) in [6.07, 6.45) is 0. The highest BCUT2D eigenvalue weighted by molar-refractivity contribution is 9.11. The molecule has 1 spiro atoms. The molecule has 0 fully saturated rings. The van der Waals surface area contributed by atoms with E-state index in [9.17, 15) is 5.11 Å². The number of furan rings is 2. The largest absolute Gasteiger partial charge is 0.455 e. The summed E-state index contributed by atoms with van der Waals surface area (Å²) in [4.78, 5) is 0. The molecular weight excluding hydrogens is 1110 g/mol. The molecule has 69 heavy (non-hydrogen) atoms. The van der Waals surface area contributed by atoms with Crippen LogP contribution in [0.2, 0.25) is 0 Å². The van der Waals surface area contributed by atoms with E-state index in [2.05, 4.69) is 185 Å². The van der Waals surface area contributed by atoms with Crippen molar-refractivity contribution >= 4 is 108 Å². The Morgan fingerprint density at radius 1 is 0.348 bits per heavy atom. The molecule has 1 atom stereocenters. The van der Waals surface area contributed by atoms with Crippen LogP contribution in [0.5, 0.6) is 0 Å². The summed E-state index contributed by atoms with van der Waals surface area (Å²) < 4.78 is 16.5. The van der Waals surface area contributed by atoms with Gasteiger partial charge in [0.25, 0.3) is 0 Å². The molecule has 3 aliphatic rings. The minimum atomic E-state index is -1.35. The molecule has 0 bridgehead atoms. The van der Waals surface area contributed by atoms with Gasteiger partial charge in [-0.2, -0.15) is 0 Å². The van der Waals surface area contributed by atoms with Gasteiger partial charge in [0.2, 0.25) is 0 Å². The molecule has 2 aromatic heterocycles. The van der Waals surface area contributed by atoms with Crippen LogP contribution in [-0.4, -0.2) is 5.11 Å². The zero-order valence-corrected chi connectivity index (χ0v) is 42.7. The van der Waals surface area contributed by atoms with E-state index in [1.165, 1.54) is 49.9 Å². The molecule has 1 N–H and O–H groups in total. The normalized spacial score (nSPS) is 15.5. The van der Waals surface area contributed by atoms with E-state index in [0.717, 1.165) is 95.3 Å². The van der Waals surface area contributed by atoms with Gasteiger partial charge in [-0.1, -0.05) is 184 Å². The van der Waals surface area contributed by atoms with Crippen molar-refractivity contribution in [1.29, 1.82) is 0 Å². The number of rotatable bonds is 2. The summed E-state index contributed by atoms with van der Waals surface area (Å²) in [5.74, 6) is 0. The van der Waals surface area contributed by atoms with Crippen molar-refractivity contribution in [3.05, 3.63) is 257 Å². The lowest BCUT2D eigenvalue weighted by Gasteiger charge is -2.30. The first-order valence-corrected chi connectivity index (χ1v) is 25.9. The Kier molecular flexibility index (Phi) is 9.26. The molecule has 3 aliphatic carbocycles. The molecule has 7 heteroatoms. The molecule has 328 valence electrons. The van der Waals surface area contributed by atoms with E-state index < -0.39 is 5.60 Å². The van der Waals surface area contributed by atoms with Crippen LogP contribution in [0.15, 0.2) is 227 Å². The zero-order valence-electron chi connectivity index (χ0n) is 36.3. The monoisotopic (exact) mass is 1140 g/mol. The van der Waals surface area contributed by atoms with Crippen LogP contribution in [-0.2, 0) is 11.0 Å². The highest BCUT2D eigenvalue weighted by atomic mass is 79.9. The molecule has 12 aromatic rings. The van der Waals surface area contributed by atoms with Gasteiger partial charge in [-0.15, -0.1) is 0 Å². The van der Waals surface area contributed by atoms with Gasteiger partial charge in [0.05, 0.1) is 14.4 Å². The van der Waals surface area contributed by atoms with E-state index in [0.29, 0.717) is 0 Å². The fourth-order valence-corrected chi connectivity index (χ4v) is 13.7. The van der Waals surface area contributed by atoms with E-state index in [-0.39, 0.29) is 5.41 Å². The van der Waals surface area contributed by atoms with Crippen molar-refractivity contribution < 1.29 is 13.9 Å². The molecule has 1 unspecified atom stereocenters. The Morgan fingerprint density at radius 2 is 0.797 bits per heavy atom. The number of benzene rings is 10. The second-order valence-corrected chi connectivity index (χ2v) is 21.5. The third-order valence-electron chi connectivity index (χ3n) is 14.6. The van der Waals surface area contributed by atoms with Gasteiger partial charge in [-0.25, -0.2) is 0 Å². The lowest BCUT2D eigenvalue weighted by molar-refractivity contribution is 0.131. The Bertz CT molecular complexity index is 4120. The minimum absolute atomic E-state index is 0.378. The predicted molar refractivity (Wildman–Crippen MR) is 294 cm³/mol. The Hall–Kier alpha value is -6.32. The van der Waals surface area contributed by atoms with Crippen molar-refractivity contribution in [2.75, 3.05) is 0 Å². The molecular formula is C62H34Br4O3. The highest BCUT2D eigenvalue weighted by Crippen LogP contribution is 2.65. The van der Waals surface area contributed by atoms with Gasteiger partial charge in [0.1, 0.15) is 27.9 Å². The first-order valence-electron chi connectivity index (χ1n) is 22.7. The molecule has 2 heterocycles. The second-order valence-electron chi connectivity index (χ2n) is 18.0. The number of aliphatic hydroxyl groups is 1. The highest BCUT2D eigenvalue weighted by Gasteiger charge is 2.53. The van der Waals surface area contributed by atoms with Gasteiger partial charge in [-0.05, 0) is 142 Å². The topological polar surface area (TPSA) is 46.5 Å².